The largest absolute Gasteiger partial charge is 0.416 e. The number of carbonyl (C=O) groups is 1. The average Bonchev–Trinajstić information content (AvgIpc) is 3.06. The van der Waals surface area contributed by atoms with Crippen LogP contribution >= 0.6 is 0 Å². The first kappa shape index (κ1) is 20.0. The lowest BCUT2D eigenvalue weighted by Gasteiger charge is -2.15. The Bertz CT molecular complexity index is 857. The summed E-state index contributed by atoms with van der Waals surface area (Å²) in [6, 6.07) is 6.56. The van der Waals surface area contributed by atoms with E-state index in [0.717, 1.165) is 24.8 Å². The van der Waals surface area contributed by atoms with Gasteiger partial charge in [0.1, 0.15) is 0 Å². The Hall–Kier alpha value is -2.71. The predicted octanol–water partition coefficient (Wildman–Crippen LogP) is 5.26. The molecule has 0 heterocycles. The number of halogens is 6. The lowest BCUT2D eigenvalue weighted by Crippen LogP contribution is -2.22. The van der Waals surface area contributed by atoms with Crippen molar-refractivity contribution in [1.82, 2.24) is 0 Å². The Balaban J connectivity index is 1.70. The van der Waals surface area contributed by atoms with Crippen molar-refractivity contribution in [3.8, 4) is 0 Å². The molecule has 1 aliphatic carbocycles. The molecule has 0 saturated carbocycles. The molecular weight excluding hydrogens is 386 g/mol. The van der Waals surface area contributed by atoms with E-state index in [2.05, 4.69) is 10.6 Å². The van der Waals surface area contributed by atoms with Gasteiger partial charge in [0.2, 0.25) is 5.91 Å². The van der Waals surface area contributed by atoms with Crippen molar-refractivity contribution in [2.24, 2.45) is 0 Å². The van der Waals surface area contributed by atoms with Gasteiger partial charge in [-0.3, -0.25) is 4.79 Å². The van der Waals surface area contributed by atoms with E-state index in [1.165, 1.54) is 5.56 Å². The number of hydrogen-bond acceptors (Lipinski definition) is 2. The van der Waals surface area contributed by atoms with E-state index in [1.807, 2.05) is 12.1 Å². The molecule has 0 fully saturated rings. The minimum absolute atomic E-state index is 0.0375. The highest BCUT2D eigenvalue weighted by molar-refractivity contribution is 5.93. The number of aryl methyl sites for hydroxylation is 2. The molecule has 0 atom stereocenters. The smallest absolute Gasteiger partial charge is 0.376 e. The number of nitrogens with one attached hydrogen (secondary N) is 2. The number of benzene rings is 2. The monoisotopic (exact) mass is 402 g/mol. The number of amides is 1. The molecule has 1 amide bonds. The Morgan fingerprint density at radius 1 is 0.821 bits per heavy atom. The van der Waals surface area contributed by atoms with E-state index in [1.54, 1.807) is 6.07 Å². The minimum Gasteiger partial charge on any atom is -0.376 e. The molecule has 0 bridgehead atoms. The maximum atomic E-state index is 12.9. The van der Waals surface area contributed by atoms with Crippen LogP contribution in [0.5, 0.6) is 0 Å². The third-order valence-electron chi connectivity index (χ3n) is 4.42. The summed E-state index contributed by atoms with van der Waals surface area (Å²) in [5.74, 6) is -0.580. The molecule has 3 nitrogen and oxygen atoms in total. The van der Waals surface area contributed by atoms with Gasteiger partial charge in [-0.2, -0.15) is 26.3 Å². The van der Waals surface area contributed by atoms with Crippen LogP contribution in [0.15, 0.2) is 36.4 Å². The van der Waals surface area contributed by atoms with E-state index >= 15 is 0 Å². The fourth-order valence-electron chi connectivity index (χ4n) is 3.09. The van der Waals surface area contributed by atoms with Gasteiger partial charge in [-0.25, -0.2) is 0 Å². The second kappa shape index (κ2) is 7.37. The third-order valence-corrected chi connectivity index (χ3v) is 4.42. The summed E-state index contributed by atoms with van der Waals surface area (Å²) >= 11 is 0. The Morgan fingerprint density at radius 3 is 2.04 bits per heavy atom. The van der Waals surface area contributed by atoms with Crippen molar-refractivity contribution in [3.63, 3.8) is 0 Å². The Morgan fingerprint density at radius 2 is 1.43 bits per heavy atom. The molecule has 2 aromatic rings. The normalized spacial score (nSPS) is 13.9. The zero-order valence-electron chi connectivity index (χ0n) is 14.5. The average molecular weight is 402 g/mol. The topological polar surface area (TPSA) is 41.1 Å². The molecule has 1 aliphatic rings. The quantitative estimate of drug-likeness (QED) is 0.685. The van der Waals surface area contributed by atoms with Gasteiger partial charge < -0.3 is 10.6 Å². The Labute approximate surface area is 156 Å². The summed E-state index contributed by atoms with van der Waals surface area (Å²) in [7, 11) is 0. The fourth-order valence-corrected chi connectivity index (χ4v) is 3.09. The highest BCUT2D eigenvalue weighted by atomic mass is 19.4. The minimum atomic E-state index is -4.94. The predicted molar refractivity (Wildman–Crippen MR) is 92.0 cm³/mol. The van der Waals surface area contributed by atoms with Gasteiger partial charge in [-0.05, 0) is 60.7 Å². The van der Waals surface area contributed by atoms with Crippen LogP contribution in [-0.2, 0) is 30.0 Å². The fraction of sp³-hybridized carbons (Fsp3) is 0.316. The van der Waals surface area contributed by atoms with E-state index < -0.39 is 41.6 Å². The summed E-state index contributed by atoms with van der Waals surface area (Å²) in [5.41, 5.74) is -0.454. The van der Waals surface area contributed by atoms with Crippen LogP contribution in [0.3, 0.4) is 0 Å². The molecule has 0 aromatic heterocycles. The van der Waals surface area contributed by atoms with Gasteiger partial charge in [-0.15, -0.1) is 0 Å². The van der Waals surface area contributed by atoms with Crippen LogP contribution < -0.4 is 10.6 Å². The molecule has 0 radical (unpaired) electrons. The highest BCUT2D eigenvalue weighted by Crippen LogP contribution is 2.37. The SMILES string of the molecule is O=C(CNc1cc(C(F)(F)F)cc(C(F)(F)F)c1)Nc1ccc2c(c1)CCC2. The van der Waals surface area contributed by atoms with Crippen LogP contribution in [-0.4, -0.2) is 12.5 Å². The summed E-state index contributed by atoms with van der Waals surface area (Å²) < 4.78 is 77.1. The number of fused-ring (bicyclic) bond motifs is 1. The summed E-state index contributed by atoms with van der Waals surface area (Å²) in [6.07, 6.45) is -6.97. The van der Waals surface area contributed by atoms with Crippen LogP contribution in [0.25, 0.3) is 0 Å². The van der Waals surface area contributed by atoms with E-state index in [0.29, 0.717) is 17.8 Å². The van der Waals surface area contributed by atoms with Gasteiger partial charge >= 0.3 is 12.4 Å². The number of hydrogen-bond donors (Lipinski definition) is 2. The van der Waals surface area contributed by atoms with Crippen LogP contribution in [0.1, 0.15) is 28.7 Å². The molecular formula is C19H16F6N2O. The van der Waals surface area contributed by atoms with E-state index in [9.17, 15) is 31.1 Å². The standard InChI is InChI=1S/C19H16F6N2O/c20-18(21,22)13-7-14(19(23,24)25)9-16(8-13)26-10-17(28)27-15-5-4-11-2-1-3-12(11)6-15/h4-9,26H,1-3,10H2,(H,27,28). The Kier molecular flexibility index (Phi) is 5.27. The number of carbonyl (C=O) groups excluding carboxylic acids is 1. The second-order valence-corrected chi connectivity index (χ2v) is 6.53. The zero-order valence-corrected chi connectivity index (χ0v) is 14.5. The third kappa shape index (κ3) is 4.76. The first-order valence-corrected chi connectivity index (χ1v) is 8.47. The zero-order chi connectivity index (χ0) is 20.5. The summed E-state index contributed by atoms with van der Waals surface area (Å²) in [5, 5.41) is 4.92. The van der Waals surface area contributed by atoms with Crippen molar-refractivity contribution in [1.29, 1.82) is 0 Å². The summed E-state index contributed by atoms with van der Waals surface area (Å²) in [4.78, 5) is 12.0. The van der Waals surface area contributed by atoms with Crippen molar-refractivity contribution in [2.45, 2.75) is 31.6 Å². The number of anilines is 2. The highest BCUT2D eigenvalue weighted by Gasteiger charge is 2.36. The van der Waals surface area contributed by atoms with Gasteiger partial charge in [0.25, 0.3) is 0 Å². The maximum Gasteiger partial charge on any atom is 0.416 e. The van der Waals surface area contributed by atoms with E-state index in [-0.39, 0.29) is 6.07 Å². The molecule has 9 heteroatoms. The van der Waals surface area contributed by atoms with Gasteiger partial charge in [0, 0.05) is 11.4 Å². The number of alkyl halides is 6. The van der Waals surface area contributed by atoms with E-state index in [4.69, 9.17) is 0 Å². The molecule has 2 N–H and O–H groups in total. The molecule has 2 aromatic carbocycles. The lowest BCUT2D eigenvalue weighted by molar-refractivity contribution is -0.143. The molecule has 28 heavy (non-hydrogen) atoms. The molecule has 3 rings (SSSR count). The van der Waals surface area contributed by atoms with Gasteiger partial charge in [-0.1, -0.05) is 6.07 Å². The first-order valence-electron chi connectivity index (χ1n) is 8.47. The van der Waals surface area contributed by atoms with Gasteiger partial charge in [0.15, 0.2) is 0 Å². The van der Waals surface area contributed by atoms with Crippen molar-refractivity contribution < 1.29 is 31.1 Å². The van der Waals surface area contributed by atoms with Crippen LogP contribution in [0.2, 0.25) is 0 Å². The molecule has 0 saturated heterocycles. The van der Waals surface area contributed by atoms with Crippen LogP contribution in [0, 0.1) is 0 Å². The maximum absolute atomic E-state index is 12.9. The van der Waals surface area contributed by atoms with Crippen LogP contribution in [0.4, 0.5) is 37.7 Å². The van der Waals surface area contributed by atoms with Gasteiger partial charge in [0.05, 0.1) is 17.7 Å². The second-order valence-electron chi connectivity index (χ2n) is 6.53. The lowest BCUT2D eigenvalue weighted by atomic mass is 10.1. The first-order chi connectivity index (χ1) is 13.0. The van der Waals surface area contributed by atoms with Crippen molar-refractivity contribution in [2.75, 3.05) is 17.2 Å². The summed E-state index contributed by atoms with van der Waals surface area (Å²) in [6.45, 7) is -0.476. The molecule has 0 spiro atoms. The van der Waals surface area contributed by atoms with Crippen molar-refractivity contribution >= 4 is 17.3 Å². The molecule has 0 aliphatic heterocycles. The number of rotatable bonds is 4. The van der Waals surface area contributed by atoms with Crippen molar-refractivity contribution in [3.05, 3.63) is 58.7 Å². The molecule has 0 unspecified atom stereocenters. The molecule has 150 valence electrons.